The Bertz CT molecular complexity index is 1710. The minimum atomic E-state index is -0.746. The van der Waals surface area contributed by atoms with Gasteiger partial charge < -0.3 is 0 Å². The van der Waals surface area contributed by atoms with E-state index in [1.165, 1.54) is 18.2 Å². The molecule has 3 aliphatic carbocycles. The lowest BCUT2D eigenvalue weighted by molar-refractivity contribution is -0.154. The van der Waals surface area contributed by atoms with Crippen molar-refractivity contribution in [2.24, 2.45) is 11.8 Å². The van der Waals surface area contributed by atoms with Crippen LogP contribution in [0.3, 0.4) is 0 Å². The van der Waals surface area contributed by atoms with Crippen molar-refractivity contribution in [2.75, 3.05) is 6.54 Å². The van der Waals surface area contributed by atoms with Crippen LogP contribution in [-0.2, 0) is 9.59 Å². The predicted molar refractivity (Wildman–Crippen MR) is 161 cm³/mol. The molecule has 1 saturated heterocycles. The molecule has 8 rings (SSSR count). The summed E-state index contributed by atoms with van der Waals surface area (Å²) < 4.78 is 0.781. The Labute approximate surface area is 259 Å². The Morgan fingerprint density at radius 3 is 1.71 bits per heavy atom. The number of rotatable bonds is 5. The van der Waals surface area contributed by atoms with E-state index in [1.54, 1.807) is 24.3 Å². The Balaban J connectivity index is 1.34. The Hall–Kier alpha value is -3.78. The highest BCUT2D eigenvalue weighted by atomic mass is 79.9. The van der Waals surface area contributed by atoms with Gasteiger partial charge in [-0.2, -0.15) is 5.01 Å². The van der Waals surface area contributed by atoms with Gasteiger partial charge in [0.1, 0.15) is 6.54 Å². The first-order valence-electron chi connectivity index (χ1n) is 13.4. The number of hydrazine groups is 1. The molecule has 4 aromatic carbocycles. The first-order valence-corrected chi connectivity index (χ1v) is 14.9. The molecule has 1 fully saturated rings. The van der Waals surface area contributed by atoms with Crippen LogP contribution in [0.5, 0.6) is 0 Å². The third kappa shape index (κ3) is 4.06. The van der Waals surface area contributed by atoms with Crippen LogP contribution >= 0.6 is 39.1 Å². The Kier molecular flexibility index (Phi) is 6.57. The third-order valence-corrected chi connectivity index (χ3v) is 9.60. The van der Waals surface area contributed by atoms with Crippen molar-refractivity contribution >= 4 is 62.6 Å². The highest BCUT2D eigenvalue weighted by molar-refractivity contribution is 9.10. The van der Waals surface area contributed by atoms with Gasteiger partial charge in [-0.3, -0.25) is 19.2 Å². The zero-order valence-electron chi connectivity index (χ0n) is 21.8. The number of hydrogen-bond donors (Lipinski definition) is 0. The Morgan fingerprint density at radius 1 is 0.738 bits per heavy atom. The normalized spacial score (nSPS) is 21.5. The number of carbonyl (C=O) groups is 4. The average Bonchev–Trinajstić information content (AvgIpc) is 3.25. The SMILES string of the molecule is O=C(CN(C(=O)c1ccc(Cl)cc1Cl)N1C(=O)[C@@H]2C3c4ccccc4C(c4ccccc43)[C@@H]2C1=O)c1ccc(Br)cc1. The number of nitrogens with zero attached hydrogens (tertiary/aromatic N) is 2. The van der Waals surface area contributed by atoms with Crippen LogP contribution in [0, 0.1) is 11.8 Å². The number of ketones is 1. The fourth-order valence-corrected chi connectivity index (χ4v) is 7.55. The lowest BCUT2D eigenvalue weighted by atomic mass is 9.55. The lowest BCUT2D eigenvalue weighted by Gasteiger charge is -2.45. The molecule has 42 heavy (non-hydrogen) atoms. The van der Waals surface area contributed by atoms with Crippen LogP contribution in [0.1, 0.15) is 54.8 Å². The number of halogens is 3. The van der Waals surface area contributed by atoms with E-state index in [2.05, 4.69) is 15.9 Å². The highest BCUT2D eigenvalue weighted by Gasteiger charge is 2.63. The molecule has 0 spiro atoms. The summed E-state index contributed by atoms with van der Waals surface area (Å²) in [5, 5.41) is 2.22. The lowest BCUT2D eigenvalue weighted by Crippen LogP contribution is -2.52. The molecule has 2 bridgehead atoms. The van der Waals surface area contributed by atoms with Gasteiger partial charge in [0.2, 0.25) is 0 Å². The number of benzene rings is 4. The van der Waals surface area contributed by atoms with Gasteiger partial charge in [0.25, 0.3) is 17.7 Å². The van der Waals surface area contributed by atoms with Crippen molar-refractivity contribution in [3.8, 4) is 0 Å². The van der Waals surface area contributed by atoms with Crippen LogP contribution < -0.4 is 0 Å². The summed E-state index contributed by atoms with van der Waals surface area (Å²) in [4.78, 5) is 56.4. The summed E-state index contributed by atoms with van der Waals surface area (Å²) in [6, 6.07) is 26.8. The maximum Gasteiger partial charge on any atom is 0.274 e. The van der Waals surface area contributed by atoms with Crippen LogP contribution in [0.25, 0.3) is 0 Å². The quantitative estimate of drug-likeness (QED) is 0.173. The van der Waals surface area contributed by atoms with Gasteiger partial charge >= 0.3 is 0 Å². The van der Waals surface area contributed by atoms with Crippen LogP contribution in [0.4, 0.5) is 0 Å². The maximum atomic E-state index is 14.4. The topological polar surface area (TPSA) is 74.8 Å². The van der Waals surface area contributed by atoms with E-state index in [-0.39, 0.29) is 22.4 Å². The van der Waals surface area contributed by atoms with Gasteiger partial charge in [-0.15, -0.1) is 0 Å². The van der Waals surface area contributed by atoms with Gasteiger partial charge in [0, 0.05) is 26.9 Å². The minimum Gasteiger partial charge on any atom is -0.292 e. The molecular formula is C33H21BrCl2N2O4. The van der Waals surface area contributed by atoms with Gasteiger partial charge in [0.05, 0.1) is 22.4 Å². The van der Waals surface area contributed by atoms with E-state index in [0.717, 1.165) is 36.7 Å². The summed E-state index contributed by atoms with van der Waals surface area (Å²) in [6.07, 6.45) is 0. The van der Waals surface area contributed by atoms with Gasteiger partial charge in [-0.1, -0.05) is 99.8 Å². The van der Waals surface area contributed by atoms with Gasteiger partial charge in [-0.05, 0) is 52.6 Å². The first kappa shape index (κ1) is 27.1. The number of carbonyl (C=O) groups excluding carboxylic acids is 4. The van der Waals surface area contributed by atoms with Crippen molar-refractivity contribution < 1.29 is 19.2 Å². The van der Waals surface area contributed by atoms with E-state index in [0.29, 0.717) is 10.6 Å². The highest BCUT2D eigenvalue weighted by Crippen LogP contribution is 2.61. The molecule has 208 valence electrons. The van der Waals surface area contributed by atoms with E-state index in [9.17, 15) is 19.2 Å². The summed E-state index contributed by atoms with van der Waals surface area (Å²) >= 11 is 15.8. The van der Waals surface area contributed by atoms with E-state index < -0.39 is 41.9 Å². The third-order valence-electron chi connectivity index (χ3n) is 8.52. The number of Topliss-reactive ketones (excluding diaryl/α,β-unsaturated/α-hetero) is 1. The first-order chi connectivity index (χ1) is 20.3. The van der Waals surface area contributed by atoms with Gasteiger partial charge in [0.15, 0.2) is 5.78 Å². The fourth-order valence-electron chi connectivity index (χ4n) is 6.80. The predicted octanol–water partition coefficient (Wildman–Crippen LogP) is 6.89. The summed E-state index contributed by atoms with van der Waals surface area (Å²) in [7, 11) is 0. The van der Waals surface area contributed by atoms with Crippen LogP contribution in [0.15, 0.2) is 95.5 Å². The molecule has 3 amide bonds. The summed E-state index contributed by atoms with van der Waals surface area (Å²) in [5.74, 6) is -4.34. The minimum absolute atomic E-state index is 0.0229. The average molecular weight is 660 g/mol. The van der Waals surface area contributed by atoms with Gasteiger partial charge in [-0.25, -0.2) is 5.01 Å². The standard InChI is InChI=1S/C33H21BrCl2N2O4/c34-18-11-9-17(10-12-18)26(39)16-37(31(40)24-14-13-19(35)15-25(24)36)38-32(41)29-27-20-5-1-2-6-21(20)28(30(29)33(38)42)23-8-4-3-7-22(23)27/h1-15,27-30H,16H2/t27?,28?,29-,30+. The number of amides is 3. The van der Waals surface area contributed by atoms with E-state index in [4.69, 9.17) is 23.2 Å². The molecule has 0 aromatic heterocycles. The monoisotopic (exact) mass is 658 g/mol. The fraction of sp³-hybridized carbons (Fsp3) is 0.152. The molecule has 1 heterocycles. The second-order valence-electron chi connectivity index (χ2n) is 10.7. The molecule has 9 heteroatoms. The molecule has 0 N–H and O–H groups in total. The second kappa shape index (κ2) is 10.2. The second-order valence-corrected chi connectivity index (χ2v) is 12.4. The molecule has 0 radical (unpaired) electrons. The zero-order chi connectivity index (χ0) is 29.3. The number of hydrogen-bond acceptors (Lipinski definition) is 4. The molecule has 0 saturated carbocycles. The summed E-state index contributed by atoms with van der Waals surface area (Å²) in [6.45, 7) is -0.536. The van der Waals surface area contributed by atoms with Crippen molar-refractivity contribution in [1.29, 1.82) is 0 Å². The molecule has 1 aliphatic heterocycles. The molecule has 6 nitrogen and oxygen atoms in total. The molecule has 4 aromatic rings. The summed E-state index contributed by atoms with van der Waals surface area (Å²) in [5.41, 5.74) is 4.39. The van der Waals surface area contributed by atoms with Crippen molar-refractivity contribution in [3.05, 3.63) is 139 Å². The molecule has 2 atom stereocenters. The van der Waals surface area contributed by atoms with Crippen molar-refractivity contribution in [3.63, 3.8) is 0 Å². The zero-order valence-corrected chi connectivity index (χ0v) is 24.9. The van der Waals surface area contributed by atoms with Crippen molar-refractivity contribution in [2.45, 2.75) is 11.8 Å². The maximum absolute atomic E-state index is 14.4. The van der Waals surface area contributed by atoms with E-state index >= 15 is 0 Å². The van der Waals surface area contributed by atoms with E-state index in [1.807, 2.05) is 48.5 Å². The number of imide groups is 1. The smallest absolute Gasteiger partial charge is 0.274 e. The molecular weight excluding hydrogens is 639 g/mol. The largest absolute Gasteiger partial charge is 0.292 e. The van der Waals surface area contributed by atoms with Crippen LogP contribution in [0.2, 0.25) is 10.0 Å². The van der Waals surface area contributed by atoms with Crippen LogP contribution in [-0.4, -0.2) is 40.1 Å². The molecule has 0 unspecified atom stereocenters. The Morgan fingerprint density at radius 2 is 1.24 bits per heavy atom. The van der Waals surface area contributed by atoms with Crippen molar-refractivity contribution in [1.82, 2.24) is 10.0 Å². The molecule has 4 aliphatic rings.